The highest BCUT2D eigenvalue weighted by molar-refractivity contribution is 14.1. The second kappa shape index (κ2) is 10.0. The minimum Gasteiger partial charge on any atom is -0.488 e. The van der Waals surface area contributed by atoms with Gasteiger partial charge in [-0.25, -0.2) is 4.79 Å². The summed E-state index contributed by atoms with van der Waals surface area (Å²) in [5.74, 6) is 0.267. The van der Waals surface area contributed by atoms with Crippen molar-refractivity contribution in [2.24, 2.45) is 0 Å². The molecule has 9 heteroatoms. The van der Waals surface area contributed by atoms with Crippen LogP contribution >= 0.6 is 22.6 Å². The normalized spacial score (nSPS) is 14.4. The van der Waals surface area contributed by atoms with Gasteiger partial charge in [0.25, 0.3) is 11.6 Å². The zero-order valence-electron chi connectivity index (χ0n) is 18.2. The molecule has 1 fully saturated rings. The van der Waals surface area contributed by atoms with Crippen molar-refractivity contribution in [2.75, 3.05) is 0 Å². The lowest BCUT2D eigenvalue weighted by Crippen LogP contribution is -2.30. The molecule has 0 saturated carbocycles. The Bertz CT molecular complexity index is 1290. The molecule has 3 aromatic carbocycles. The van der Waals surface area contributed by atoms with Crippen LogP contribution in [0.15, 0.2) is 72.4 Å². The molecular formula is C25H20IN3O5. The SMILES string of the molecule is Cc1ccc(CN2C(=O)N/C(=C/c3ccc(OCc4ccc([N+](=O)[O-])cc4)c(I)c3)C2=O)cc1. The molecule has 34 heavy (non-hydrogen) atoms. The molecule has 0 unspecified atom stereocenters. The first-order chi connectivity index (χ1) is 16.3. The molecular weight excluding hydrogens is 549 g/mol. The Balaban J connectivity index is 1.42. The van der Waals surface area contributed by atoms with E-state index in [0.29, 0.717) is 5.75 Å². The number of urea groups is 1. The molecule has 1 N–H and O–H groups in total. The van der Waals surface area contributed by atoms with Crippen LogP contribution in [0.5, 0.6) is 5.75 Å². The van der Waals surface area contributed by atoms with Gasteiger partial charge in [-0.3, -0.25) is 19.8 Å². The fourth-order valence-electron chi connectivity index (χ4n) is 3.36. The summed E-state index contributed by atoms with van der Waals surface area (Å²) < 4.78 is 6.66. The molecule has 0 spiro atoms. The fraction of sp³-hybridized carbons (Fsp3) is 0.120. The molecule has 0 radical (unpaired) electrons. The number of non-ortho nitro benzene ring substituents is 1. The molecule has 0 bridgehead atoms. The van der Waals surface area contributed by atoms with Gasteiger partial charge in [0.05, 0.1) is 15.0 Å². The maximum absolute atomic E-state index is 12.8. The third-order valence-electron chi connectivity index (χ3n) is 5.23. The quantitative estimate of drug-likeness (QED) is 0.139. The van der Waals surface area contributed by atoms with E-state index in [9.17, 15) is 19.7 Å². The fourth-order valence-corrected chi connectivity index (χ4v) is 4.05. The third kappa shape index (κ3) is 5.42. The van der Waals surface area contributed by atoms with Crippen molar-refractivity contribution in [3.05, 3.63) is 108 Å². The van der Waals surface area contributed by atoms with Crippen molar-refractivity contribution in [1.29, 1.82) is 0 Å². The van der Waals surface area contributed by atoms with E-state index in [-0.39, 0.29) is 30.4 Å². The first kappa shape index (κ1) is 23.4. The van der Waals surface area contributed by atoms with Crippen LogP contribution in [0.2, 0.25) is 0 Å². The van der Waals surface area contributed by atoms with Crippen molar-refractivity contribution in [1.82, 2.24) is 10.2 Å². The number of hydrogen-bond donors (Lipinski definition) is 1. The Kier molecular flexibility index (Phi) is 6.92. The Morgan fingerprint density at radius 1 is 1.03 bits per heavy atom. The Morgan fingerprint density at radius 2 is 1.71 bits per heavy atom. The van der Waals surface area contributed by atoms with E-state index in [1.54, 1.807) is 30.3 Å². The van der Waals surface area contributed by atoms with Crippen molar-refractivity contribution in [3.63, 3.8) is 0 Å². The average Bonchev–Trinajstić information content (AvgIpc) is 3.07. The lowest BCUT2D eigenvalue weighted by atomic mass is 10.1. The highest BCUT2D eigenvalue weighted by atomic mass is 127. The van der Waals surface area contributed by atoms with Gasteiger partial charge in [0, 0.05) is 12.1 Å². The smallest absolute Gasteiger partial charge is 0.329 e. The summed E-state index contributed by atoms with van der Waals surface area (Å²) in [7, 11) is 0. The van der Waals surface area contributed by atoms with Gasteiger partial charge >= 0.3 is 6.03 Å². The molecule has 1 aliphatic heterocycles. The Labute approximate surface area is 209 Å². The number of nitro groups is 1. The number of benzene rings is 3. The number of ether oxygens (including phenoxy) is 1. The Hall–Kier alpha value is -3.73. The molecule has 0 atom stereocenters. The van der Waals surface area contributed by atoms with E-state index >= 15 is 0 Å². The maximum atomic E-state index is 12.8. The van der Waals surface area contributed by atoms with Gasteiger partial charge < -0.3 is 10.1 Å². The van der Waals surface area contributed by atoms with E-state index in [0.717, 1.165) is 25.8 Å². The number of carbonyl (C=O) groups excluding carboxylic acids is 2. The van der Waals surface area contributed by atoms with E-state index in [2.05, 4.69) is 27.9 Å². The molecule has 0 aliphatic carbocycles. The summed E-state index contributed by atoms with van der Waals surface area (Å²) in [6, 6.07) is 18.8. The van der Waals surface area contributed by atoms with Gasteiger partial charge in [0.15, 0.2) is 0 Å². The van der Waals surface area contributed by atoms with Crippen molar-refractivity contribution in [3.8, 4) is 5.75 Å². The summed E-state index contributed by atoms with van der Waals surface area (Å²) in [5, 5.41) is 13.4. The van der Waals surface area contributed by atoms with Gasteiger partial charge in [-0.2, -0.15) is 0 Å². The summed E-state index contributed by atoms with van der Waals surface area (Å²) in [4.78, 5) is 36.6. The topological polar surface area (TPSA) is 102 Å². The summed E-state index contributed by atoms with van der Waals surface area (Å²) in [6.07, 6.45) is 1.64. The number of nitro benzene ring substituents is 1. The van der Waals surface area contributed by atoms with Crippen LogP contribution in [0.3, 0.4) is 0 Å². The van der Waals surface area contributed by atoms with E-state index in [1.165, 1.54) is 17.0 Å². The first-order valence-corrected chi connectivity index (χ1v) is 11.4. The summed E-state index contributed by atoms with van der Waals surface area (Å²) >= 11 is 2.13. The molecule has 1 aliphatic rings. The predicted octanol–water partition coefficient (Wildman–Crippen LogP) is 5.18. The number of rotatable bonds is 7. The zero-order valence-corrected chi connectivity index (χ0v) is 20.3. The van der Waals surface area contributed by atoms with Crippen LogP contribution < -0.4 is 10.1 Å². The second-order valence-electron chi connectivity index (χ2n) is 7.77. The third-order valence-corrected chi connectivity index (χ3v) is 6.08. The van der Waals surface area contributed by atoms with Gasteiger partial charge in [0.1, 0.15) is 18.1 Å². The predicted molar refractivity (Wildman–Crippen MR) is 135 cm³/mol. The maximum Gasteiger partial charge on any atom is 0.329 e. The number of hydrogen-bond acceptors (Lipinski definition) is 5. The number of halogens is 1. The van der Waals surface area contributed by atoms with Crippen molar-refractivity contribution >= 4 is 46.3 Å². The average molecular weight is 569 g/mol. The van der Waals surface area contributed by atoms with Gasteiger partial charge in [-0.1, -0.05) is 35.9 Å². The molecule has 3 amide bonds. The Morgan fingerprint density at radius 3 is 2.35 bits per heavy atom. The van der Waals surface area contributed by atoms with Crippen LogP contribution in [0.25, 0.3) is 6.08 Å². The molecule has 1 heterocycles. The first-order valence-electron chi connectivity index (χ1n) is 10.4. The van der Waals surface area contributed by atoms with Gasteiger partial charge in [-0.15, -0.1) is 0 Å². The highest BCUT2D eigenvalue weighted by Gasteiger charge is 2.33. The number of imide groups is 1. The van der Waals surface area contributed by atoms with Crippen LogP contribution in [0, 0.1) is 20.6 Å². The van der Waals surface area contributed by atoms with E-state index in [4.69, 9.17) is 4.74 Å². The molecule has 0 aromatic heterocycles. The van der Waals surface area contributed by atoms with Crippen LogP contribution in [-0.2, 0) is 17.9 Å². The van der Waals surface area contributed by atoms with Gasteiger partial charge in [0.2, 0.25) is 0 Å². The number of nitrogens with one attached hydrogen (secondary N) is 1. The van der Waals surface area contributed by atoms with Gasteiger partial charge in [-0.05, 0) is 76.5 Å². The molecule has 1 saturated heterocycles. The second-order valence-corrected chi connectivity index (χ2v) is 8.93. The van der Waals surface area contributed by atoms with E-state index in [1.807, 2.05) is 37.3 Å². The molecule has 4 rings (SSSR count). The highest BCUT2D eigenvalue weighted by Crippen LogP contribution is 2.25. The largest absolute Gasteiger partial charge is 0.488 e. The zero-order chi connectivity index (χ0) is 24.2. The van der Waals surface area contributed by atoms with Crippen molar-refractivity contribution in [2.45, 2.75) is 20.1 Å². The number of amides is 3. The number of carbonyl (C=O) groups is 2. The van der Waals surface area contributed by atoms with E-state index < -0.39 is 11.0 Å². The lowest BCUT2D eigenvalue weighted by molar-refractivity contribution is -0.384. The van der Waals surface area contributed by atoms with Crippen molar-refractivity contribution < 1.29 is 19.2 Å². The van der Waals surface area contributed by atoms with Crippen LogP contribution in [0.1, 0.15) is 22.3 Å². The standard InChI is InChI=1S/C25H20IN3O5/c1-16-2-4-17(5-3-16)14-28-24(30)22(27-25(28)31)13-19-8-11-23(21(26)12-19)34-15-18-6-9-20(10-7-18)29(32)33/h2-13H,14-15H2,1H3,(H,27,31)/b22-13+. The summed E-state index contributed by atoms with van der Waals surface area (Å²) in [6.45, 7) is 2.44. The number of nitrogens with zero attached hydrogens (tertiary/aromatic N) is 2. The van der Waals surface area contributed by atoms with Crippen LogP contribution in [0.4, 0.5) is 10.5 Å². The summed E-state index contributed by atoms with van der Waals surface area (Å²) in [5.41, 5.74) is 3.78. The monoisotopic (exact) mass is 569 g/mol. The molecule has 8 nitrogen and oxygen atoms in total. The number of aryl methyl sites for hydroxylation is 1. The molecule has 172 valence electrons. The minimum absolute atomic E-state index is 0.0294. The molecule has 3 aromatic rings. The minimum atomic E-state index is -0.449. The lowest BCUT2D eigenvalue weighted by Gasteiger charge is -2.12. The van der Waals surface area contributed by atoms with Crippen LogP contribution in [-0.4, -0.2) is 21.8 Å².